The van der Waals surface area contributed by atoms with E-state index >= 15 is 0 Å². The maximum absolute atomic E-state index is 12.2. The molecule has 5 rings (SSSR count). The second-order valence-corrected chi connectivity index (χ2v) is 15.1. The van der Waals surface area contributed by atoms with E-state index in [0.29, 0.717) is 18.9 Å². The van der Waals surface area contributed by atoms with Gasteiger partial charge in [-0.1, -0.05) is 80.9 Å². The number of piperazine rings is 1. The van der Waals surface area contributed by atoms with Gasteiger partial charge in [-0.3, -0.25) is 9.69 Å². The molecule has 1 fully saturated rings. The van der Waals surface area contributed by atoms with Crippen molar-refractivity contribution in [2.75, 3.05) is 51.0 Å². The minimum absolute atomic E-state index is 0.155. The largest absolute Gasteiger partial charge is 0.494 e. The minimum atomic E-state index is -0.267. The maximum atomic E-state index is 12.2. The molecule has 55 heavy (non-hydrogen) atoms. The van der Waals surface area contributed by atoms with Crippen LogP contribution in [0.3, 0.4) is 0 Å². The van der Waals surface area contributed by atoms with Crippen LogP contribution in [0.5, 0.6) is 11.6 Å². The summed E-state index contributed by atoms with van der Waals surface area (Å²) in [5.41, 5.74) is 2.15. The SMILES string of the molecule is CCCCCC/C=C\C/C=C\C/C=C\C/C=C\CCCC(=O)OCOc1ccc2ccc(OCCCCN3CCN(c4cccc5sccc45)CC3)cc2n1. The molecule has 0 amide bonds. The number of pyridine rings is 1. The van der Waals surface area contributed by atoms with E-state index in [-0.39, 0.29) is 12.8 Å². The monoisotopic (exact) mass is 763 g/mol. The Bertz CT molecular complexity index is 1820. The molecule has 7 nitrogen and oxygen atoms in total. The Morgan fingerprint density at radius 2 is 1.51 bits per heavy atom. The van der Waals surface area contributed by atoms with Gasteiger partial charge < -0.3 is 19.1 Å². The van der Waals surface area contributed by atoms with Crippen molar-refractivity contribution in [3.05, 3.63) is 109 Å². The van der Waals surface area contributed by atoms with E-state index in [1.54, 1.807) is 6.07 Å². The van der Waals surface area contributed by atoms with Crippen LogP contribution in [0.1, 0.15) is 90.4 Å². The van der Waals surface area contributed by atoms with Gasteiger partial charge in [-0.25, -0.2) is 4.98 Å². The zero-order valence-electron chi connectivity index (χ0n) is 32.9. The number of unbranched alkanes of at least 4 members (excludes halogenated alkanes) is 6. The summed E-state index contributed by atoms with van der Waals surface area (Å²) < 4.78 is 18.4. The molecular weight excluding hydrogens is 703 g/mol. The Morgan fingerprint density at radius 1 is 0.764 bits per heavy atom. The van der Waals surface area contributed by atoms with Gasteiger partial charge in [-0.2, -0.15) is 0 Å². The highest BCUT2D eigenvalue weighted by molar-refractivity contribution is 7.17. The molecule has 2 aromatic carbocycles. The van der Waals surface area contributed by atoms with Crippen molar-refractivity contribution in [2.45, 2.75) is 90.4 Å². The van der Waals surface area contributed by atoms with Gasteiger partial charge in [0.2, 0.25) is 12.7 Å². The number of thiophene rings is 1. The number of hydrogen-bond donors (Lipinski definition) is 0. The van der Waals surface area contributed by atoms with Crippen molar-refractivity contribution >= 4 is 44.0 Å². The summed E-state index contributed by atoms with van der Waals surface area (Å²) in [4.78, 5) is 21.9. The van der Waals surface area contributed by atoms with Gasteiger partial charge in [0.25, 0.3) is 0 Å². The van der Waals surface area contributed by atoms with Crippen molar-refractivity contribution in [1.29, 1.82) is 0 Å². The number of benzene rings is 2. The van der Waals surface area contributed by atoms with Crippen LogP contribution >= 0.6 is 11.3 Å². The molecule has 0 radical (unpaired) electrons. The molecule has 0 spiro atoms. The molecule has 0 aliphatic carbocycles. The maximum Gasteiger partial charge on any atom is 0.308 e. The average molecular weight is 764 g/mol. The van der Waals surface area contributed by atoms with E-state index in [1.165, 1.54) is 47.9 Å². The minimum Gasteiger partial charge on any atom is -0.494 e. The second-order valence-electron chi connectivity index (χ2n) is 14.1. The van der Waals surface area contributed by atoms with Gasteiger partial charge >= 0.3 is 5.97 Å². The number of carbonyl (C=O) groups excluding carboxylic acids is 1. The van der Waals surface area contributed by atoms with E-state index < -0.39 is 0 Å². The molecule has 1 aliphatic heterocycles. The first-order valence-electron chi connectivity index (χ1n) is 20.5. The van der Waals surface area contributed by atoms with Gasteiger partial charge in [-0.05, 0) is 106 Å². The van der Waals surface area contributed by atoms with Gasteiger partial charge in [0, 0.05) is 65.9 Å². The molecule has 3 heterocycles. The van der Waals surface area contributed by atoms with Crippen LogP contribution in [0, 0.1) is 0 Å². The lowest BCUT2D eigenvalue weighted by Gasteiger charge is -2.36. The van der Waals surface area contributed by atoms with Crippen LogP contribution in [-0.2, 0) is 9.53 Å². The topological polar surface area (TPSA) is 64.1 Å². The number of anilines is 1. The first-order chi connectivity index (χ1) is 27.2. The fraction of sp³-hybridized carbons (Fsp3) is 0.447. The standard InChI is InChI=1S/C47H61N3O4S/c1-2-3-4-5-6-7-8-9-10-11-12-13-14-15-16-17-18-19-25-47(51)54-39-53-46-29-27-40-26-28-41(38-43(40)48-46)52-36-21-20-31-49-32-34-50(35-33-49)44-23-22-24-45-42(44)30-37-55-45/h7-8,10-11,13-14,16-17,22-24,26-30,37-38H,2-6,9,12,15,18-21,25,31-36,39H2,1H3/b8-7-,11-10-,14-13-,17-16-. The van der Waals surface area contributed by atoms with Crippen LogP contribution < -0.4 is 14.4 Å². The molecule has 294 valence electrons. The average Bonchev–Trinajstić information content (AvgIpc) is 3.70. The van der Waals surface area contributed by atoms with Crippen LogP contribution in [0.4, 0.5) is 5.69 Å². The summed E-state index contributed by atoms with van der Waals surface area (Å²) in [5, 5.41) is 4.56. The van der Waals surface area contributed by atoms with Gasteiger partial charge in [0.05, 0.1) is 12.1 Å². The van der Waals surface area contributed by atoms with E-state index in [0.717, 1.165) is 94.3 Å². The third-order valence-electron chi connectivity index (χ3n) is 9.85. The van der Waals surface area contributed by atoms with Crippen molar-refractivity contribution in [1.82, 2.24) is 9.88 Å². The van der Waals surface area contributed by atoms with Crippen molar-refractivity contribution in [3.63, 3.8) is 0 Å². The van der Waals surface area contributed by atoms with Gasteiger partial charge in [0.1, 0.15) is 5.75 Å². The number of hydrogen-bond acceptors (Lipinski definition) is 8. The second kappa shape index (κ2) is 24.9. The predicted molar refractivity (Wildman–Crippen MR) is 232 cm³/mol. The van der Waals surface area contributed by atoms with E-state index in [2.05, 4.69) is 100.0 Å². The number of nitrogens with zero attached hydrogens (tertiary/aromatic N) is 3. The lowest BCUT2D eigenvalue weighted by Crippen LogP contribution is -2.46. The normalized spacial score (nSPS) is 14.1. The summed E-state index contributed by atoms with van der Waals surface area (Å²) in [6.45, 7) is 8.17. The fourth-order valence-corrected chi connectivity index (χ4v) is 7.48. The van der Waals surface area contributed by atoms with Crippen molar-refractivity contribution in [3.8, 4) is 11.6 Å². The Hall–Kier alpha value is -4.40. The van der Waals surface area contributed by atoms with E-state index in [1.807, 2.05) is 35.6 Å². The van der Waals surface area contributed by atoms with Crippen LogP contribution in [-0.4, -0.2) is 62.0 Å². The summed E-state index contributed by atoms with van der Waals surface area (Å²) >= 11 is 1.81. The molecular formula is C47H61N3O4S. The lowest BCUT2D eigenvalue weighted by atomic mass is 10.1. The van der Waals surface area contributed by atoms with E-state index in [4.69, 9.17) is 14.2 Å². The Kier molecular flexibility index (Phi) is 18.9. The summed E-state index contributed by atoms with van der Waals surface area (Å²) in [5.74, 6) is 0.947. The van der Waals surface area contributed by atoms with Gasteiger partial charge in [-0.15, -0.1) is 11.3 Å². The quantitative estimate of drug-likeness (QED) is 0.0288. The molecule has 1 saturated heterocycles. The van der Waals surface area contributed by atoms with E-state index in [9.17, 15) is 4.79 Å². The Labute approximate surface area is 333 Å². The molecule has 2 aromatic heterocycles. The first kappa shape index (κ1) is 41.8. The van der Waals surface area contributed by atoms with Crippen LogP contribution in [0.2, 0.25) is 0 Å². The molecule has 0 saturated carbocycles. The predicted octanol–water partition coefficient (Wildman–Crippen LogP) is 11.8. The fourth-order valence-electron chi connectivity index (χ4n) is 6.67. The molecule has 0 N–H and O–H groups in total. The smallest absolute Gasteiger partial charge is 0.308 e. The number of aromatic nitrogens is 1. The molecule has 0 atom stereocenters. The highest BCUT2D eigenvalue weighted by atomic mass is 32.1. The number of rotatable bonds is 25. The lowest BCUT2D eigenvalue weighted by molar-refractivity contribution is -0.150. The molecule has 0 bridgehead atoms. The summed E-state index contributed by atoms with van der Waals surface area (Å²) in [6, 6.07) is 18.6. The zero-order valence-corrected chi connectivity index (χ0v) is 33.7. The number of allylic oxidation sites excluding steroid dienone is 8. The van der Waals surface area contributed by atoms with Crippen LogP contribution in [0.25, 0.3) is 21.0 Å². The highest BCUT2D eigenvalue weighted by Gasteiger charge is 2.18. The summed E-state index contributed by atoms with van der Waals surface area (Å²) in [6.07, 6.45) is 31.1. The molecule has 0 unspecified atom stereocenters. The van der Waals surface area contributed by atoms with Gasteiger partial charge in [0.15, 0.2) is 0 Å². The highest BCUT2D eigenvalue weighted by Crippen LogP contribution is 2.31. The third kappa shape index (κ3) is 15.3. The van der Waals surface area contributed by atoms with Crippen LogP contribution in [0.15, 0.2) is 109 Å². The van der Waals surface area contributed by atoms with Crippen molar-refractivity contribution in [2.24, 2.45) is 0 Å². The summed E-state index contributed by atoms with van der Waals surface area (Å²) in [7, 11) is 0. The molecule has 8 heteroatoms. The Balaban J connectivity index is 0.877. The zero-order chi connectivity index (χ0) is 38.2. The number of esters is 1. The molecule has 1 aliphatic rings. The Morgan fingerprint density at radius 3 is 2.29 bits per heavy atom. The molecule has 4 aromatic rings. The first-order valence-corrected chi connectivity index (χ1v) is 21.4. The number of carbonyl (C=O) groups is 1. The number of fused-ring (bicyclic) bond motifs is 2. The number of ether oxygens (including phenoxy) is 3. The third-order valence-corrected chi connectivity index (χ3v) is 10.7. The van der Waals surface area contributed by atoms with Crippen molar-refractivity contribution < 1.29 is 19.0 Å².